The number of rotatable bonds is 0. The van der Waals surface area contributed by atoms with Crippen LogP contribution in [0.1, 0.15) is 51.4 Å². The van der Waals surface area contributed by atoms with Crippen LogP contribution in [-0.2, 0) is 0 Å². The number of hydrogen-bond acceptors (Lipinski definition) is 0. The summed E-state index contributed by atoms with van der Waals surface area (Å²) in [6.45, 7) is 8.28. The molecule has 0 N–H and O–H groups in total. The van der Waals surface area contributed by atoms with E-state index in [1.54, 1.807) is 22.3 Å². The Hall–Kier alpha value is -1.04. The molecule has 3 aliphatic carbocycles. The van der Waals surface area contributed by atoms with Gasteiger partial charge in [0.25, 0.3) is 0 Å². The third kappa shape index (κ3) is 1.61. The van der Waals surface area contributed by atoms with Gasteiger partial charge in [-0.25, -0.2) is 0 Å². The summed E-state index contributed by atoms with van der Waals surface area (Å²) in [6.07, 6.45) is 10.3. The fraction of sp³-hybridized carbons (Fsp3) is 0.500. The molecule has 3 rings (SSSR count). The molecule has 0 spiro atoms. The second kappa shape index (κ2) is 3.76. The summed E-state index contributed by atoms with van der Waals surface area (Å²) in [5.41, 5.74) is 9.45. The highest BCUT2D eigenvalue weighted by molar-refractivity contribution is 5.47. The highest BCUT2D eigenvalue weighted by Gasteiger charge is 2.25. The van der Waals surface area contributed by atoms with Crippen LogP contribution in [0.2, 0.25) is 0 Å². The zero-order chi connectivity index (χ0) is 11.1. The second-order valence-corrected chi connectivity index (χ2v) is 5.54. The smallest absolute Gasteiger partial charge is 0.00642 e. The molecule has 0 aromatic rings. The lowest BCUT2D eigenvalue weighted by molar-refractivity contribution is 0.622. The van der Waals surface area contributed by atoms with Gasteiger partial charge in [-0.2, -0.15) is 0 Å². The van der Waals surface area contributed by atoms with Crippen LogP contribution < -0.4 is 0 Å². The van der Waals surface area contributed by atoms with Crippen LogP contribution in [0.3, 0.4) is 0 Å². The minimum absolute atomic E-state index is 1.10. The maximum absolute atomic E-state index is 4.14. The fourth-order valence-electron chi connectivity index (χ4n) is 3.36. The maximum atomic E-state index is 4.14. The Balaban J connectivity index is 1.88. The van der Waals surface area contributed by atoms with E-state index in [1.165, 1.54) is 49.7 Å². The van der Waals surface area contributed by atoms with Crippen molar-refractivity contribution in [3.8, 4) is 0 Å². The van der Waals surface area contributed by atoms with Crippen molar-refractivity contribution in [1.29, 1.82) is 0 Å². The van der Waals surface area contributed by atoms with Crippen LogP contribution in [0, 0.1) is 0 Å². The van der Waals surface area contributed by atoms with Crippen molar-refractivity contribution in [2.24, 2.45) is 0 Å². The van der Waals surface area contributed by atoms with E-state index in [0.717, 1.165) is 12.8 Å². The Morgan fingerprint density at radius 2 is 1.00 bits per heavy atom. The minimum Gasteiger partial charge on any atom is -0.0952 e. The molecule has 84 valence electrons. The van der Waals surface area contributed by atoms with E-state index in [-0.39, 0.29) is 0 Å². The fourth-order valence-corrected chi connectivity index (χ4v) is 3.36. The van der Waals surface area contributed by atoms with Gasteiger partial charge in [-0.15, -0.1) is 0 Å². The van der Waals surface area contributed by atoms with Gasteiger partial charge in [-0.05, 0) is 62.5 Å². The molecule has 0 heterocycles. The van der Waals surface area contributed by atoms with Gasteiger partial charge in [0.1, 0.15) is 0 Å². The van der Waals surface area contributed by atoms with E-state index in [4.69, 9.17) is 0 Å². The van der Waals surface area contributed by atoms with Gasteiger partial charge in [0.15, 0.2) is 0 Å². The van der Waals surface area contributed by atoms with Gasteiger partial charge in [0.05, 0.1) is 0 Å². The molecule has 0 unspecified atom stereocenters. The van der Waals surface area contributed by atoms with Gasteiger partial charge >= 0.3 is 0 Å². The summed E-state index contributed by atoms with van der Waals surface area (Å²) in [5.74, 6) is 0. The van der Waals surface area contributed by atoms with E-state index in [0.29, 0.717) is 0 Å². The van der Waals surface area contributed by atoms with Gasteiger partial charge in [-0.1, -0.05) is 35.5 Å². The molecule has 0 amide bonds. The molecule has 0 atom stereocenters. The van der Waals surface area contributed by atoms with Gasteiger partial charge in [0, 0.05) is 0 Å². The molecule has 0 aromatic carbocycles. The SMILES string of the molecule is C=C1CC2=C(CC1=C)CC1=C(CCCC1)C2. The van der Waals surface area contributed by atoms with E-state index >= 15 is 0 Å². The summed E-state index contributed by atoms with van der Waals surface area (Å²) in [7, 11) is 0. The monoisotopic (exact) mass is 212 g/mol. The van der Waals surface area contributed by atoms with Crippen LogP contribution in [0.25, 0.3) is 0 Å². The van der Waals surface area contributed by atoms with E-state index in [9.17, 15) is 0 Å². The average Bonchev–Trinajstić information content (AvgIpc) is 2.28. The second-order valence-electron chi connectivity index (χ2n) is 5.54. The first-order valence-electron chi connectivity index (χ1n) is 6.49. The summed E-state index contributed by atoms with van der Waals surface area (Å²) < 4.78 is 0. The zero-order valence-electron chi connectivity index (χ0n) is 10.1. The average molecular weight is 212 g/mol. The first-order chi connectivity index (χ1) is 7.74. The lowest BCUT2D eigenvalue weighted by Gasteiger charge is -2.33. The largest absolute Gasteiger partial charge is 0.0952 e. The molecule has 0 heteroatoms. The molecule has 16 heavy (non-hydrogen) atoms. The van der Waals surface area contributed by atoms with Crippen molar-refractivity contribution >= 4 is 0 Å². The third-order valence-electron chi connectivity index (χ3n) is 4.41. The molecule has 0 saturated heterocycles. The maximum Gasteiger partial charge on any atom is -0.00642 e. The summed E-state index contributed by atoms with van der Waals surface area (Å²) in [6, 6.07) is 0. The van der Waals surface area contributed by atoms with E-state index in [1.807, 2.05) is 0 Å². The van der Waals surface area contributed by atoms with Crippen molar-refractivity contribution < 1.29 is 0 Å². The zero-order valence-corrected chi connectivity index (χ0v) is 10.1. The summed E-state index contributed by atoms with van der Waals surface area (Å²) >= 11 is 0. The molecule has 0 fully saturated rings. The van der Waals surface area contributed by atoms with Crippen LogP contribution >= 0.6 is 0 Å². The molecule has 0 radical (unpaired) electrons. The molecule has 0 aliphatic heterocycles. The van der Waals surface area contributed by atoms with E-state index in [2.05, 4.69) is 13.2 Å². The molecule has 0 bridgehead atoms. The molecular weight excluding hydrogens is 192 g/mol. The first kappa shape index (κ1) is 10.1. The number of allylic oxidation sites excluding steroid dienone is 6. The van der Waals surface area contributed by atoms with Crippen LogP contribution in [0.5, 0.6) is 0 Å². The van der Waals surface area contributed by atoms with Crippen LogP contribution in [-0.4, -0.2) is 0 Å². The van der Waals surface area contributed by atoms with Crippen molar-refractivity contribution in [3.05, 3.63) is 46.6 Å². The van der Waals surface area contributed by atoms with Gasteiger partial charge in [0.2, 0.25) is 0 Å². The first-order valence-corrected chi connectivity index (χ1v) is 6.49. The topological polar surface area (TPSA) is 0 Å². The highest BCUT2D eigenvalue weighted by atomic mass is 14.3. The normalized spacial score (nSPS) is 25.8. The Morgan fingerprint density at radius 1 is 0.562 bits per heavy atom. The van der Waals surface area contributed by atoms with Crippen LogP contribution in [0.4, 0.5) is 0 Å². The van der Waals surface area contributed by atoms with Crippen molar-refractivity contribution in [1.82, 2.24) is 0 Å². The lowest BCUT2D eigenvalue weighted by atomic mass is 9.73. The molecule has 0 saturated carbocycles. The lowest BCUT2D eigenvalue weighted by Crippen LogP contribution is -2.13. The van der Waals surface area contributed by atoms with Crippen molar-refractivity contribution in [3.63, 3.8) is 0 Å². The Labute approximate surface area is 98.4 Å². The van der Waals surface area contributed by atoms with Crippen molar-refractivity contribution in [2.75, 3.05) is 0 Å². The van der Waals surface area contributed by atoms with Gasteiger partial charge < -0.3 is 0 Å². The predicted octanol–water partition coefficient (Wildman–Crippen LogP) is 4.85. The molecule has 0 aromatic heterocycles. The molecule has 3 aliphatic rings. The highest BCUT2D eigenvalue weighted by Crippen LogP contribution is 2.45. The summed E-state index contributed by atoms with van der Waals surface area (Å²) in [5, 5.41) is 0. The van der Waals surface area contributed by atoms with Crippen LogP contribution in [0.15, 0.2) is 46.6 Å². The summed E-state index contributed by atoms with van der Waals surface area (Å²) in [4.78, 5) is 0. The third-order valence-corrected chi connectivity index (χ3v) is 4.41. The van der Waals surface area contributed by atoms with Crippen molar-refractivity contribution in [2.45, 2.75) is 51.4 Å². The predicted molar refractivity (Wildman–Crippen MR) is 69.3 cm³/mol. The quantitative estimate of drug-likeness (QED) is 0.503. The molecular formula is C16H20. The van der Waals surface area contributed by atoms with Gasteiger partial charge in [-0.3, -0.25) is 0 Å². The molecule has 0 nitrogen and oxygen atoms in total. The number of hydrogen-bond donors (Lipinski definition) is 0. The Morgan fingerprint density at radius 3 is 1.44 bits per heavy atom. The standard InChI is InChI=1S/C16H20/c1-11-7-15-9-13-5-3-4-6-14(13)10-16(15)8-12(11)2/h1-10H2. The Kier molecular flexibility index (Phi) is 2.38. The minimum atomic E-state index is 1.10. The Bertz CT molecular complexity index is 389. The van der Waals surface area contributed by atoms with E-state index < -0.39 is 0 Å².